The summed E-state index contributed by atoms with van der Waals surface area (Å²) in [7, 11) is 0. The van der Waals surface area contributed by atoms with Crippen molar-refractivity contribution in [3.63, 3.8) is 0 Å². The number of para-hydroxylation sites is 1. The average molecular weight is 355 g/mol. The Bertz CT molecular complexity index is 777. The number of carbonyl (C=O) groups is 2. The van der Waals surface area contributed by atoms with E-state index in [0.29, 0.717) is 13.0 Å². The van der Waals surface area contributed by atoms with Gasteiger partial charge in [0.15, 0.2) is 0 Å². The van der Waals surface area contributed by atoms with E-state index in [9.17, 15) is 9.59 Å². The Morgan fingerprint density at radius 3 is 2.69 bits per heavy atom. The number of ether oxygens (including phenoxy) is 1. The first-order valence-corrected chi connectivity index (χ1v) is 8.96. The number of amides is 2. The molecule has 138 valence electrons. The Kier molecular flexibility index (Phi) is 5.11. The van der Waals surface area contributed by atoms with Gasteiger partial charge >= 0.3 is 6.09 Å². The fourth-order valence-corrected chi connectivity index (χ4v) is 3.10. The predicted octanol–water partition coefficient (Wildman–Crippen LogP) is 3.59. The molecule has 1 atom stereocenters. The number of nitrogens with zero attached hydrogens (tertiary/aromatic N) is 3. The Labute approximate surface area is 153 Å². The molecule has 2 amide bonds. The number of rotatable bonds is 3. The minimum Gasteiger partial charge on any atom is -0.443 e. The number of aromatic nitrogens is 2. The van der Waals surface area contributed by atoms with E-state index in [0.717, 1.165) is 24.2 Å². The Morgan fingerprint density at radius 1 is 1.27 bits per heavy atom. The predicted molar refractivity (Wildman–Crippen MR) is 97.9 cm³/mol. The molecule has 1 aromatic carbocycles. The second-order valence-electron chi connectivity index (χ2n) is 7.62. The van der Waals surface area contributed by atoms with Crippen LogP contribution in [0.1, 0.15) is 39.3 Å². The first-order valence-electron chi connectivity index (χ1n) is 8.96. The largest absolute Gasteiger partial charge is 0.443 e. The second kappa shape index (κ2) is 7.32. The Morgan fingerprint density at radius 2 is 2.00 bits per heavy atom. The van der Waals surface area contributed by atoms with Gasteiger partial charge in [-0.15, -0.1) is 0 Å². The lowest BCUT2D eigenvalue weighted by atomic mass is 9.93. The van der Waals surface area contributed by atoms with Crippen LogP contribution < -0.4 is 0 Å². The molecular weight excluding hydrogens is 330 g/mol. The molecule has 0 aliphatic carbocycles. The van der Waals surface area contributed by atoms with Gasteiger partial charge in [-0.3, -0.25) is 4.79 Å². The van der Waals surface area contributed by atoms with Crippen LogP contribution in [0.3, 0.4) is 0 Å². The topological polar surface area (TPSA) is 64.4 Å². The molecule has 26 heavy (non-hydrogen) atoms. The zero-order chi connectivity index (χ0) is 18.7. The van der Waals surface area contributed by atoms with E-state index in [4.69, 9.17) is 4.74 Å². The molecule has 3 rings (SSSR count). The highest BCUT2D eigenvalue weighted by Gasteiger charge is 2.35. The molecule has 2 heterocycles. The Balaban J connectivity index is 1.67. The molecule has 1 saturated heterocycles. The summed E-state index contributed by atoms with van der Waals surface area (Å²) in [5.74, 6) is -0.407. The molecule has 0 radical (unpaired) electrons. The summed E-state index contributed by atoms with van der Waals surface area (Å²) >= 11 is 0. The van der Waals surface area contributed by atoms with Crippen molar-refractivity contribution in [1.82, 2.24) is 14.5 Å². The Hall–Kier alpha value is -2.63. The molecule has 0 saturated carbocycles. The standard InChI is InChI=1S/C20H25N3O3/c1-20(2,3)26-19(25)23-11-7-8-15(18(23)24)12-16-13-22(14-21-16)17-9-5-4-6-10-17/h4-6,9-10,13-15H,7-8,11-12H2,1-3H3. The third kappa shape index (κ3) is 4.31. The van der Waals surface area contributed by atoms with Crippen LogP contribution in [0.2, 0.25) is 0 Å². The fraction of sp³-hybridized carbons (Fsp3) is 0.450. The number of piperidine rings is 1. The van der Waals surface area contributed by atoms with Crippen LogP contribution in [0.5, 0.6) is 0 Å². The lowest BCUT2D eigenvalue weighted by Gasteiger charge is -2.32. The molecule has 6 nitrogen and oxygen atoms in total. The summed E-state index contributed by atoms with van der Waals surface area (Å²) < 4.78 is 7.29. The van der Waals surface area contributed by atoms with Crippen LogP contribution in [0.4, 0.5) is 4.79 Å². The monoisotopic (exact) mass is 355 g/mol. The van der Waals surface area contributed by atoms with Gasteiger partial charge in [0.05, 0.1) is 12.0 Å². The van der Waals surface area contributed by atoms with Crippen LogP contribution in [0.25, 0.3) is 5.69 Å². The number of carbonyl (C=O) groups excluding carboxylic acids is 2. The second-order valence-corrected chi connectivity index (χ2v) is 7.62. The van der Waals surface area contributed by atoms with Gasteiger partial charge in [0.25, 0.3) is 0 Å². The zero-order valence-corrected chi connectivity index (χ0v) is 15.5. The van der Waals surface area contributed by atoms with Crippen molar-refractivity contribution in [1.29, 1.82) is 0 Å². The summed E-state index contributed by atoms with van der Waals surface area (Å²) in [6, 6.07) is 9.91. The van der Waals surface area contributed by atoms with Crippen molar-refractivity contribution in [2.24, 2.45) is 5.92 Å². The van der Waals surface area contributed by atoms with Gasteiger partial charge in [-0.25, -0.2) is 14.7 Å². The number of benzene rings is 1. The fourth-order valence-electron chi connectivity index (χ4n) is 3.10. The van der Waals surface area contributed by atoms with Crippen molar-refractivity contribution in [2.45, 2.75) is 45.6 Å². The van der Waals surface area contributed by atoms with Gasteiger partial charge in [-0.1, -0.05) is 18.2 Å². The number of imidazole rings is 1. The first kappa shape index (κ1) is 18.2. The van der Waals surface area contributed by atoms with E-state index in [2.05, 4.69) is 4.98 Å². The quantitative estimate of drug-likeness (QED) is 0.844. The summed E-state index contributed by atoms with van der Waals surface area (Å²) in [6.45, 7) is 5.82. The van der Waals surface area contributed by atoms with Gasteiger partial charge in [0.2, 0.25) is 5.91 Å². The van der Waals surface area contributed by atoms with Crippen LogP contribution >= 0.6 is 0 Å². The molecule has 1 fully saturated rings. The molecule has 6 heteroatoms. The summed E-state index contributed by atoms with van der Waals surface area (Å²) in [5, 5.41) is 0. The van der Waals surface area contributed by atoms with Crippen molar-refractivity contribution in [3.05, 3.63) is 48.5 Å². The first-order chi connectivity index (χ1) is 12.3. The summed E-state index contributed by atoms with van der Waals surface area (Å²) in [4.78, 5) is 30.7. The minimum absolute atomic E-state index is 0.167. The highest BCUT2D eigenvalue weighted by atomic mass is 16.6. The van der Waals surface area contributed by atoms with E-state index in [1.807, 2.05) is 41.1 Å². The summed E-state index contributed by atoms with van der Waals surface area (Å²) in [5.41, 5.74) is 1.26. The third-order valence-corrected chi connectivity index (χ3v) is 4.31. The van der Waals surface area contributed by atoms with Gasteiger partial charge in [0, 0.05) is 30.8 Å². The lowest BCUT2D eigenvalue weighted by molar-refractivity contribution is -0.137. The van der Waals surface area contributed by atoms with E-state index >= 15 is 0 Å². The minimum atomic E-state index is -0.612. The van der Waals surface area contributed by atoms with E-state index in [-0.39, 0.29) is 11.8 Å². The maximum absolute atomic E-state index is 12.7. The molecule has 0 N–H and O–H groups in total. The number of imide groups is 1. The molecule has 0 spiro atoms. The molecule has 0 bridgehead atoms. The maximum Gasteiger partial charge on any atom is 0.417 e. The third-order valence-electron chi connectivity index (χ3n) is 4.31. The highest BCUT2D eigenvalue weighted by Crippen LogP contribution is 2.24. The van der Waals surface area contributed by atoms with Crippen LogP contribution in [0.15, 0.2) is 42.9 Å². The van der Waals surface area contributed by atoms with Gasteiger partial charge < -0.3 is 9.30 Å². The molecule has 1 unspecified atom stereocenters. The normalized spacial score (nSPS) is 18.0. The number of hydrogen-bond acceptors (Lipinski definition) is 4. The highest BCUT2D eigenvalue weighted by molar-refractivity contribution is 5.94. The SMILES string of the molecule is CC(C)(C)OC(=O)N1CCCC(Cc2cn(-c3ccccc3)cn2)C1=O. The molecule has 1 aromatic heterocycles. The van der Waals surface area contributed by atoms with E-state index in [1.165, 1.54) is 4.90 Å². The number of likely N-dealkylation sites (tertiary alicyclic amines) is 1. The van der Waals surface area contributed by atoms with Crippen molar-refractivity contribution in [2.75, 3.05) is 6.54 Å². The number of hydrogen-bond donors (Lipinski definition) is 0. The van der Waals surface area contributed by atoms with Crippen molar-refractivity contribution < 1.29 is 14.3 Å². The van der Waals surface area contributed by atoms with Crippen molar-refractivity contribution in [3.8, 4) is 5.69 Å². The zero-order valence-electron chi connectivity index (χ0n) is 15.5. The van der Waals surface area contributed by atoms with Crippen LogP contribution in [-0.4, -0.2) is 38.6 Å². The van der Waals surface area contributed by atoms with Crippen molar-refractivity contribution >= 4 is 12.0 Å². The lowest BCUT2D eigenvalue weighted by Crippen LogP contribution is -2.47. The van der Waals surface area contributed by atoms with Crippen LogP contribution in [0, 0.1) is 5.92 Å². The molecule has 1 aliphatic rings. The molecule has 1 aliphatic heterocycles. The van der Waals surface area contributed by atoms with Crippen LogP contribution in [-0.2, 0) is 16.0 Å². The summed E-state index contributed by atoms with van der Waals surface area (Å²) in [6.07, 6.45) is 5.21. The smallest absolute Gasteiger partial charge is 0.417 e. The molecular formula is C20H25N3O3. The average Bonchev–Trinajstić information content (AvgIpc) is 3.04. The molecule has 2 aromatic rings. The van der Waals surface area contributed by atoms with E-state index in [1.54, 1.807) is 27.1 Å². The van der Waals surface area contributed by atoms with Gasteiger partial charge in [-0.2, -0.15) is 0 Å². The van der Waals surface area contributed by atoms with Gasteiger partial charge in [-0.05, 0) is 45.7 Å². The van der Waals surface area contributed by atoms with E-state index < -0.39 is 11.7 Å². The van der Waals surface area contributed by atoms with Gasteiger partial charge in [0.1, 0.15) is 5.60 Å². The maximum atomic E-state index is 12.7.